The van der Waals surface area contributed by atoms with Crippen LogP contribution in [0.2, 0.25) is 0 Å². The molecule has 1 fully saturated rings. The summed E-state index contributed by atoms with van der Waals surface area (Å²) in [6.45, 7) is 17.1. The van der Waals surface area contributed by atoms with Crippen molar-refractivity contribution in [2.75, 3.05) is 5.75 Å². The Balaban J connectivity index is 3.10. The fourth-order valence-electron chi connectivity index (χ4n) is 2.33. The summed E-state index contributed by atoms with van der Waals surface area (Å²) in [6.07, 6.45) is 1.84. The molecule has 102 valence electrons. The van der Waals surface area contributed by atoms with Gasteiger partial charge in [0.05, 0.1) is 5.60 Å². The quantitative estimate of drug-likeness (QED) is 0.580. The molecule has 1 aliphatic heterocycles. The highest BCUT2D eigenvalue weighted by atomic mass is 32.2. The van der Waals surface area contributed by atoms with Gasteiger partial charge in [-0.25, -0.2) is 0 Å². The molecule has 1 aliphatic rings. The number of nitrogens with zero attached hydrogens (tertiary/aromatic N) is 1. The molecule has 0 aromatic carbocycles. The summed E-state index contributed by atoms with van der Waals surface area (Å²) < 4.78 is 6.04. The van der Waals surface area contributed by atoms with Crippen molar-refractivity contribution in [2.45, 2.75) is 51.3 Å². The molecule has 3 nitrogen and oxygen atoms in total. The lowest BCUT2D eigenvalue weighted by Gasteiger charge is -2.33. The van der Waals surface area contributed by atoms with Gasteiger partial charge in [0.2, 0.25) is 0 Å². The van der Waals surface area contributed by atoms with Crippen LogP contribution in [-0.2, 0) is 9.53 Å². The van der Waals surface area contributed by atoms with Crippen molar-refractivity contribution in [3.63, 3.8) is 0 Å². The molecule has 0 N–H and O–H groups in total. The van der Waals surface area contributed by atoms with Crippen LogP contribution in [0.5, 0.6) is 0 Å². The first-order chi connectivity index (χ1) is 8.13. The standard InChI is InChI=1S/C14H23NO2S/c1-8-9-18-12-13(4,5)17-14(6,7)15(12)11(16)10(2)3/h8,12H,1-2,9H2,3-7H3. The largest absolute Gasteiger partial charge is 0.347 e. The lowest BCUT2D eigenvalue weighted by molar-refractivity contribution is -0.145. The molecule has 0 aromatic heterocycles. The number of rotatable bonds is 4. The van der Waals surface area contributed by atoms with E-state index >= 15 is 0 Å². The summed E-state index contributed by atoms with van der Waals surface area (Å²) in [5.41, 5.74) is -0.464. The number of amides is 1. The highest BCUT2D eigenvalue weighted by Gasteiger charge is 2.54. The first-order valence-corrected chi connectivity index (χ1v) is 7.10. The lowest BCUT2D eigenvalue weighted by atomic mass is 10.1. The Labute approximate surface area is 114 Å². The maximum absolute atomic E-state index is 12.3. The third-order valence-corrected chi connectivity index (χ3v) is 4.40. The first-order valence-electron chi connectivity index (χ1n) is 6.05. The van der Waals surface area contributed by atoms with Crippen LogP contribution in [0.15, 0.2) is 24.8 Å². The van der Waals surface area contributed by atoms with Crippen LogP contribution in [0, 0.1) is 0 Å². The number of carbonyl (C=O) groups excluding carboxylic acids is 1. The zero-order valence-corrected chi connectivity index (χ0v) is 12.8. The Morgan fingerprint density at radius 3 is 2.44 bits per heavy atom. The highest BCUT2D eigenvalue weighted by molar-refractivity contribution is 8.00. The minimum Gasteiger partial charge on any atom is -0.347 e. The Morgan fingerprint density at radius 1 is 1.44 bits per heavy atom. The average molecular weight is 269 g/mol. The second-order valence-corrected chi connectivity index (χ2v) is 6.70. The minimum atomic E-state index is -0.613. The molecular formula is C14H23NO2S. The topological polar surface area (TPSA) is 29.5 Å². The molecule has 1 heterocycles. The monoisotopic (exact) mass is 269 g/mol. The summed E-state index contributed by atoms with van der Waals surface area (Å²) in [4.78, 5) is 14.1. The predicted molar refractivity (Wildman–Crippen MR) is 77.3 cm³/mol. The zero-order chi connectivity index (χ0) is 14.1. The summed E-state index contributed by atoms with van der Waals surface area (Å²) >= 11 is 1.67. The van der Waals surface area contributed by atoms with Crippen molar-refractivity contribution in [3.8, 4) is 0 Å². The van der Waals surface area contributed by atoms with E-state index in [0.717, 1.165) is 5.75 Å². The van der Waals surface area contributed by atoms with E-state index in [1.165, 1.54) is 0 Å². The molecule has 0 radical (unpaired) electrons. The fraction of sp³-hybridized carbons (Fsp3) is 0.643. The summed E-state index contributed by atoms with van der Waals surface area (Å²) in [5.74, 6) is 0.736. The fourth-order valence-corrected chi connectivity index (χ4v) is 3.59. The van der Waals surface area contributed by atoms with Crippen molar-refractivity contribution in [3.05, 3.63) is 24.8 Å². The summed E-state index contributed by atoms with van der Waals surface area (Å²) in [5, 5.41) is -0.0327. The average Bonchev–Trinajstić information content (AvgIpc) is 2.38. The van der Waals surface area contributed by atoms with E-state index in [2.05, 4.69) is 13.2 Å². The van der Waals surface area contributed by atoms with Crippen LogP contribution < -0.4 is 0 Å². The highest BCUT2D eigenvalue weighted by Crippen LogP contribution is 2.44. The van der Waals surface area contributed by atoms with Crippen LogP contribution in [0.1, 0.15) is 34.6 Å². The van der Waals surface area contributed by atoms with E-state index in [9.17, 15) is 4.79 Å². The molecule has 4 heteroatoms. The maximum Gasteiger partial charge on any atom is 0.252 e. The molecular weight excluding hydrogens is 246 g/mol. The minimum absolute atomic E-state index is 0.0327. The number of ether oxygens (including phenoxy) is 1. The Morgan fingerprint density at radius 2 is 2.00 bits per heavy atom. The van der Waals surface area contributed by atoms with Gasteiger partial charge < -0.3 is 4.74 Å². The van der Waals surface area contributed by atoms with Gasteiger partial charge in [0.25, 0.3) is 5.91 Å². The maximum atomic E-state index is 12.3. The molecule has 1 unspecified atom stereocenters. The van der Waals surface area contributed by atoms with E-state index in [-0.39, 0.29) is 16.9 Å². The van der Waals surface area contributed by atoms with Gasteiger partial charge in [0, 0.05) is 11.3 Å². The van der Waals surface area contributed by atoms with E-state index in [0.29, 0.717) is 5.57 Å². The van der Waals surface area contributed by atoms with Crippen LogP contribution >= 0.6 is 11.8 Å². The van der Waals surface area contributed by atoms with Gasteiger partial charge in [0.1, 0.15) is 11.1 Å². The van der Waals surface area contributed by atoms with Crippen molar-refractivity contribution in [2.24, 2.45) is 0 Å². The normalized spacial score (nSPS) is 24.9. The second kappa shape index (κ2) is 5.10. The van der Waals surface area contributed by atoms with Crippen molar-refractivity contribution in [1.29, 1.82) is 0 Å². The van der Waals surface area contributed by atoms with Crippen LogP contribution in [0.3, 0.4) is 0 Å². The number of carbonyl (C=O) groups is 1. The lowest BCUT2D eigenvalue weighted by Crippen LogP contribution is -2.48. The molecule has 1 saturated heterocycles. The van der Waals surface area contributed by atoms with E-state index < -0.39 is 5.72 Å². The molecule has 0 bridgehead atoms. The molecule has 1 atom stereocenters. The van der Waals surface area contributed by atoms with Gasteiger partial charge in [-0.1, -0.05) is 12.7 Å². The number of thioether (sulfide) groups is 1. The third kappa shape index (κ3) is 2.81. The third-order valence-electron chi connectivity index (χ3n) is 2.88. The molecule has 0 aromatic rings. The smallest absolute Gasteiger partial charge is 0.252 e. The van der Waals surface area contributed by atoms with Crippen LogP contribution in [0.4, 0.5) is 0 Å². The van der Waals surface area contributed by atoms with Gasteiger partial charge in [-0.05, 0) is 34.6 Å². The molecule has 0 spiro atoms. The van der Waals surface area contributed by atoms with Gasteiger partial charge in [-0.2, -0.15) is 0 Å². The summed E-state index contributed by atoms with van der Waals surface area (Å²) in [6, 6.07) is 0. The number of hydrogen-bond acceptors (Lipinski definition) is 3. The van der Waals surface area contributed by atoms with E-state index in [1.54, 1.807) is 23.6 Å². The predicted octanol–water partition coefficient (Wildman–Crippen LogP) is 3.18. The molecule has 0 aliphatic carbocycles. The molecule has 1 amide bonds. The Kier molecular flexibility index (Phi) is 4.34. The first kappa shape index (κ1) is 15.3. The zero-order valence-electron chi connectivity index (χ0n) is 11.9. The second-order valence-electron chi connectivity index (χ2n) is 5.58. The van der Waals surface area contributed by atoms with Gasteiger partial charge in [-0.3, -0.25) is 9.69 Å². The van der Waals surface area contributed by atoms with Crippen LogP contribution in [0.25, 0.3) is 0 Å². The van der Waals surface area contributed by atoms with Gasteiger partial charge >= 0.3 is 0 Å². The van der Waals surface area contributed by atoms with Crippen molar-refractivity contribution < 1.29 is 9.53 Å². The Hall–Kier alpha value is -0.740. The summed E-state index contributed by atoms with van der Waals surface area (Å²) in [7, 11) is 0. The van der Waals surface area contributed by atoms with Gasteiger partial charge in [0.15, 0.2) is 0 Å². The van der Waals surface area contributed by atoms with E-state index in [1.807, 2.05) is 33.8 Å². The molecule has 18 heavy (non-hydrogen) atoms. The van der Waals surface area contributed by atoms with Crippen molar-refractivity contribution in [1.82, 2.24) is 4.90 Å². The molecule has 0 saturated carbocycles. The van der Waals surface area contributed by atoms with Crippen LogP contribution in [-0.4, -0.2) is 33.3 Å². The Bertz CT molecular complexity index is 374. The van der Waals surface area contributed by atoms with Crippen molar-refractivity contribution >= 4 is 17.7 Å². The van der Waals surface area contributed by atoms with E-state index in [4.69, 9.17) is 4.74 Å². The molecule has 1 rings (SSSR count). The van der Waals surface area contributed by atoms with Gasteiger partial charge in [-0.15, -0.1) is 18.3 Å². The SMILES string of the molecule is C=CCSC1N(C(=O)C(=C)C)C(C)(C)OC1(C)C. The number of hydrogen-bond donors (Lipinski definition) is 0.